The zero-order valence-electron chi connectivity index (χ0n) is 24.8. The maximum atomic E-state index is 13.1. The molecule has 40 heavy (non-hydrogen) atoms. The number of amides is 1. The highest BCUT2D eigenvalue weighted by atomic mass is 16.5. The average Bonchev–Trinajstić information content (AvgIpc) is 3.61. The first-order chi connectivity index (χ1) is 19.0. The summed E-state index contributed by atoms with van der Waals surface area (Å²) in [6.07, 6.45) is 10.9. The molecule has 1 amide bonds. The Bertz CT molecular complexity index is 1090. The Hall–Kier alpha value is -1.93. The van der Waals surface area contributed by atoms with Gasteiger partial charge in [0, 0.05) is 43.8 Å². The summed E-state index contributed by atoms with van der Waals surface area (Å²) >= 11 is 0. The Morgan fingerprint density at radius 2 is 1.88 bits per heavy atom. The predicted molar refractivity (Wildman–Crippen MR) is 149 cm³/mol. The number of rotatable bonds is 5. The molecule has 1 saturated heterocycles. The number of likely N-dealkylation sites (tertiary alicyclic amines) is 1. The van der Waals surface area contributed by atoms with Gasteiger partial charge in [0.1, 0.15) is 12.7 Å². The third-order valence-corrected chi connectivity index (χ3v) is 12.7. The van der Waals surface area contributed by atoms with E-state index in [4.69, 9.17) is 9.47 Å². The molecule has 8 heteroatoms. The Balaban J connectivity index is 1.21. The van der Waals surface area contributed by atoms with Crippen molar-refractivity contribution >= 4 is 17.8 Å². The van der Waals surface area contributed by atoms with Crippen LogP contribution in [0.3, 0.4) is 0 Å². The fourth-order valence-electron chi connectivity index (χ4n) is 10.6. The molecule has 0 spiro atoms. The first-order valence-corrected chi connectivity index (χ1v) is 15.7. The highest BCUT2D eigenvalue weighted by Crippen LogP contribution is 2.70. The van der Waals surface area contributed by atoms with Crippen LogP contribution in [-0.4, -0.2) is 83.8 Å². The summed E-state index contributed by atoms with van der Waals surface area (Å²) in [5.74, 6) is 0.392. The van der Waals surface area contributed by atoms with E-state index in [9.17, 15) is 19.5 Å². The largest absolute Gasteiger partial charge is 0.462 e. The van der Waals surface area contributed by atoms with E-state index in [-0.39, 0.29) is 47.7 Å². The summed E-state index contributed by atoms with van der Waals surface area (Å²) in [4.78, 5) is 41.6. The summed E-state index contributed by atoms with van der Waals surface area (Å²) < 4.78 is 11.1. The summed E-state index contributed by atoms with van der Waals surface area (Å²) in [7, 11) is 2.01. The van der Waals surface area contributed by atoms with Crippen LogP contribution in [0.2, 0.25) is 0 Å². The summed E-state index contributed by atoms with van der Waals surface area (Å²) in [6.45, 7) is 8.87. The van der Waals surface area contributed by atoms with E-state index in [1.54, 1.807) is 6.08 Å². The Morgan fingerprint density at radius 3 is 2.55 bits per heavy atom. The SMILES string of the molecule is CC(=O)O[C@H]1C[C@]2(O)[C@@H]3CC[C@@H]4C[C@@H](N(C)C(=O)CN5CCCC5)CC[C@]4(C)[C@H]3CC[C@]2(C)[C@H]1C1=CC(=O)OC1. The van der Waals surface area contributed by atoms with Gasteiger partial charge in [0.05, 0.1) is 12.1 Å². The van der Waals surface area contributed by atoms with Crippen molar-refractivity contribution in [3.8, 4) is 0 Å². The minimum Gasteiger partial charge on any atom is -0.462 e. The number of cyclic esters (lactones) is 1. The maximum Gasteiger partial charge on any atom is 0.331 e. The molecule has 4 saturated carbocycles. The molecule has 222 valence electrons. The van der Waals surface area contributed by atoms with E-state index in [0.29, 0.717) is 24.8 Å². The molecule has 4 aliphatic carbocycles. The molecule has 9 atom stereocenters. The van der Waals surface area contributed by atoms with Gasteiger partial charge in [-0.2, -0.15) is 0 Å². The predicted octanol–water partition coefficient (Wildman–Crippen LogP) is 3.71. The van der Waals surface area contributed by atoms with Gasteiger partial charge in [-0.15, -0.1) is 0 Å². The van der Waals surface area contributed by atoms with E-state index in [1.165, 1.54) is 19.8 Å². The third kappa shape index (κ3) is 4.34. The molecule has 2 aliphatic heterocycles. The van der Waals surface area contributed by atoms with E-state index in [2.05, 4.69) is 18.7 Å². The van der Waals surface area contributed by atoms with E-state index in [0.717, 1.165) is 63.6 Å². The molecule has 0 bridgehead atoms. The van der Waals surface area contributed by atoms with E-state index >= 15 is 0 Å². The first kappa shape index (κ1) is 28.2. The lowest BCUT2D eigenvalue weighted by Gasteiger charge is -2.64. The van der Waals surface area contributed by atoms with Crippen molar-refractivity contribution in [2.45, 2.75) is 103 Å². The lowest BCUT2D eigenvalue weighted by Crippen LogP contribution is -2.62. The second-order valence-electron chi connectivity index (χ2n) is 14.4. The van der Waals surface area contributed by atoms with Crippen LogP contribution in [0.1, 0.15) is 85.0 Å². The van der Waals surface area contributed by atoms with E-state index in [1.807, 2.05) is 11.9 Å². The molecule has 2 heterocycles. The number of ether oxygens (including phenoxy) is 2. The van der Waals surface area contributed by atoms with Gasteiger partial charge in [-0.1, -0.05) is 13.8 Å². The molecule has 0 aromatic heterocycles. The third-order valence-electron chi connectivity index (χ3n) is 12.7. The average molecular weight is 557 g/mol. The van der Waals surface area contributed by atoms with Crippen LogP contribution < -0.4 is 0 Å². The number of nitrogens with zero attached hydrogens (tertiary/aromatic N) is 2. The van der Waals surface area contributed by atoms with Crippen LogP contribution in [0.4, 0.5) is 0 Å². The van der Waals surface area contributed by atoms with Crippen molar-refractivity contribution in [3.63, 3.8) is 0 Å². The first-order valence-electron chi connectivity index (χ1n) is 15.7. The number of hydrogen-bond acceptors (Lipinski definition) is 7. The molecule has 6 aliphatic rings. The number of likely N-dealkylation sites (N-methyl/N-ethyl adjacent to an activating group) is 1. The molecule has 8 nitrogen and oxygen atoms in total. The maximum absolute atomic E-state index is 13.1. The lowest BCUT2D eigenvalue weighted by molar-refractivity contribution is -0.206. The second kappa shape index (κ2) is 10.1. The van der Waals surface area contributed by atoms with Crippen molar-refractivity contribution in [3.05, 3.63) is 11.6 Å². The van der Waals surface area contributed by atoms with Crippen molar-refractivity contribution in [2.75, 3.05) is 33.3 Å². The second-order valence-corrected chi connectivity index (χ2v) is 14.4. The minimum atomic E-state index is -0.972. The molecular weight excluding hydrogens is 508 g/mol. The highest BCUT2D eigenvalue weighted by molar-refractivity contribution is 5.85. The number of fused-ring (bicyclic) bond motifs is 5. The van der Waals surface area contributed by atoms with Crippen molar-refractivity contribution in [1.82, 2.24) is 9.80 Å². The fourth-order valence-corrected chi connectivity index (χ4v) is 10.6. The Labute approximate surface area is 238 Å². The summed E-state index contributed by atoms with van der Waals surface area (Å²) in [5, 5.41) is 12.7. The van der Waals surface area contributed by atoms with Crippen LogP contribution in [-0.2, 0) is 23.9 Å². The number of hydrogen-bond donors (Lipinski definition) is 1. The highest BCUT2D eigenvalue weighted by Gasteiger charge is 2.71. The van der Waals surface area contributed by atoms with Gasteiger partial charge in [-0.3, -0.25) is 14.5 Å². The lowest BCUT2D eigenvalue weighted by atomic mass is 9.43. The Morgan fingerprint density at radius 1 is 1.12 bits per heavy atom. The van der Waals surface area contributed by atoms with Gasteiger partial charge in [0.15, 0.2) is 0 Å². The van der Waals surface area contributed by atoms with Gasteiger partial charge in [-0.05, 0) is 99.6 Å². The van der Waals surface area contributed by atoms with Gasteiger partial charge < -0.3 is 19.5 Å². The quantitative estimate of drug-likeness (QED) is 0.516. The monoisotopic (exact) mass is 556 g/mol. The molecule has 0 aromatic rings. The van der Waals surface area contributed by atoms with Crippen LogP contribution in [0.15, 0.2) is 11.6 Å². The summed E-state index contributed by atoms with van der Waals surface area (Å²) in [6, 6.07) is 0.290. The van der Waals surface area contributed by atoms with Gasteiger partial charge in [-0.25, -0.2) is 4.79 Å². The molecule has 0 radical (unpaired) electrons. The fraction of sp³-hybridized carbons (Fsp3) is 0.844. The van der Waals surface area contributed by atoms with Gasteiger partial charge in [0.2, 0.25) is 5.91 Å². The zero-order valence-corrected chi connectivity index (χ0v) is 24.8. The number of carbonyl (C=O) groups excluding carboxylic acids is 3. The smallest absolute Gasteiger partial charge is 0.331 e. The zero-order chi connectivity index (χ0) is 28.4. The van der Waals surface area contributed by atoms with Crippen molar-refractivity contribution < 1.29 is 29.0 Å². The van der Waals surface area contributed by atoms with Gasteiger partial charge >= 0.3 is 11.9 Å². The standard InChI is InChI=1S/C32H48N2O6/c1-20(35)40-26-17-32(38)25-8-7-22-16-23(33(4)27(36)18-34-13-5-6-14-34)9-11-30(22,2)24(25)10-12-31(32,3)29(26)21-15-28(37)39-19-21/h15,22-26,29,38H,5-14,16-19H2,1-4H3/t22-,23+,24+,25-,26+,29+,30+,31-,32+/m1/s1. The van der Waals surface area contributed by atoms with Crippen molar-refractivity contribution in [2.24, 2.45) is 34.5 Å². The molecule has 5 fully saturated rings. The topological polar surface area (TPSA) is 96.4 Å². The van der Waals surface area contributed by atoms with Crippen LogP contribution in [0.25, 0.3) is 0 Å². The van der Waals surface area contributed by atoms with Crippen LogP contribution >= 0.6 is 0 Å². The Kier molecular flexibility index (Phi) is 7.13. The van der Waals surface area contributed by atoms with Crippen LogP contribution in [0.5, 0.6) is 0 Å². The van der Waals surface area contributed by atoms with Crippen LogP contribution in [0, 0.1) is 34.5 Å². The molecular formula is C32H48N2O6. The number of esters is 2. The van der Waals surface area contributed by atoms with E-state index < -0.39 is 17.1 Å². The number of aliphatic hydroxyl groups is 1. The molecule has 1 N–H and O–H groups in total. The molecule has 0 aromatic carbocycles. The number of carbonyl (C=O) groups is 3. The summed E-state index contributed by atoms with van der Waals surface area (Å²) in [5.41, 5.74) is -0.483. The molecule has 6 rings (SSSR count). The minimum absolute atomic E-state index is 0.121. The molecule has 0 unspecified atom stereocenters. The van der Waals surface area contributed by atoms with Crippen molar-refractivity contribution in [1.29, 1.82) is 0 Å². The van der Waals surface area contributed by atoms with Gasteiger partial charge in [0.25, 0.3) is 0 Å². The normalized spacial score (nSPS) is 44.7.